The van der Waals surface area contributed by atoms with Crippen molar-refractivity contribution < 1.29 is 9.59 Å². The number of benzene rings is 2. The second-order valence-electron chi connectivity index (χ2n) is 8.28. The molecule has 1 atom stereocenters. The van der Waals surface area contributed by atoms with Crippen LogP contribution in [0.15, 0.2) is 73.1 Å². The average molecular weight is 478 g/mol. The van der Waals surface area contributed by atoms with Crippen molar-refractivity contribution in [1.29, 1.82) is 0 Å². The van der Waals surface area contributed by atoms with Gasteiger partial charge in [-0.1, -0.05) is 41.9 Å². The van der Waals surface area contributed by atoms with E-state index in [-0.39, 0.29) is 6.04 Å². The Balaban J connectivity index is 1.39. The third kappa shape index (κ3) is 5.92. The summed E-state index contributed by atoms with van der Waals surface area (Å²) in [5.41, 5.74) is 3.56. The van der Waals surface area contributed by atoms with E-state index in [4.69, 9.17) is 11.6 Å². The van der Waals surface area contributed by atoms with Gasteiger partial charge in [0.25, 0.3) is 0 Å². The first-order valence-corrected chi connectivity index (χ1v) is 11.7. The van der Waals surface area contributed by atoms with E-state index in [9.17, 15) is 9.59 Å². The van der Waals surface area contributed by atoms with Crippen LogP contribution >= 0.6 is 11.6 Å². The van der Waals surface area contributed by atoms with Crippen LogP contribution in [0.1, 0.15) is 17.2 Å². The topological polar surface area (TPSA) is 77.6 Å². The van der Waals surface area contributed by atoms with Crippen molar-refractivity contribution in [3.05, 3.63) is 89.2 Å². The van der Waals surface area contributed by atoms with Crippen LogP contribution in [0.5, 0.6) is 0 Å². The number of aromatic nitrogens is 1. The zero-order valence-corrected chi connectivity index (χ0v) is 19.8. The van der Waals surface area contributed by atoms with Crippen LogP contribution in [-0.2, 0) is 9.59 Å². The highest BCUT2D eigenvalue weighted by Gasteiger charge is 2.27. The van der Waals surface area contributed by atoms with Crippen molar-refractivity contribution in [3.8, 4) is 0 Å². The number of nitrogens with zero attached hydrogens (tertiary/aromatic N) is 3. The number of aryl methyl sites for hydroxylation is 1. The summed E-state index contributed by atoms with van der Waals surface area (Å²) in [6.45, 7) is 5.57. The van der Waals surface area contributed by atoms with Crippen LogP contribution in [-0.4, -0.2) is 54.4 Å². The largest absolute Gasteiger partial charge is 0.369 e. The Kier molecular flexibility index (Phi) is 7.77. The summed E-state index contributed by atoms with van der Waals surface area (Å²) in [6, 6.07) is 19.3. The van der Waals surface area contributed by atoms with Gasteiger partial charge in [0.2, 0.25) is 0 Å². The Labute approximate surface area is 204 Å². The molecule has 0 saturated carbocycles. The van der Waals surface area contributed by atoms with Gasteiger partial charge in [-0.3, -0.25) is 19.5 Å². The molecule has 3 aromatic rings. The lowest BCUT2D eigenvalue weighted by atomic mass is 10.1. The molecule has 0 spiro atoms. The number of hydrogen-bond donors (Lipinski definition) is 2. The number of hydrogen-bond acceptors (Lipinski definition) is 5. The first-order chi connectivity index (χ1) is 16.5. The molecule has 2 aromatic carbocycles. The zero-order chi connectivity index (χ0) is 23.9. The number of halogens is 1. The predicted octanol–water partition coefficient (Wildman–Crippen LogP) is 3.66. The third-order valence-corrected chi connectivity index (χ3v) is 6.29. The van der Waals surface area contributed by atoms with Crippen molar-refractivity contribution in [3.63, 3.8) is 0 Å². The van der Waals surface area contributed by atoms with Crippen molar-refractivity contribution in [2.24, 2.45) is 0 Å². The number of para-hydroxylation sites is 1. The maximum absolute atomic E-state index is 12.6. The highest BCUT2D eigenvalue weighted by Crippen LogP contribution is 2.24. The molecule has 2 heterocycles. The Bertz CT molecular complexity index is 1120. The van der Waals surface area contributed by atoms with Gasteiger partial charge in [-0.15, -0.1) is 0 Å². The fraction of sp³-hybridized carbons (Fsp3) is 0.269. The highest BCUT2D eigenvalue weighted by molar-refractivity contribution is 6.40. The smallest absolute Gasteiger partial charge is 0.313 e. The Morgan fingerprint density at radius 3 is 2.47 bits per heavy atom. The summed E-state index contributed by atoms with van der Waals surface area (Å²) >= 11 is 6.02. The van der Waals surface area contributed by atoms with E-state index in [0.29, 0.717) is 17.3 Å². The van der Waals surface area contributed by atoms with E-state index in [0.717, 1.165) is 37.3 Å². The molecule has 1 saturated heterocycles. The van der Waals surface area contributed by atoms with Gasteiger partial charge in [0.15, 0.2) is 0 Å². The van der Waals surface area contributed by atoms with Crippen LogP contribution in [0.25, 0.3) is 0 Å². The fourth-order valence-electron chi connectivity index (χ4n) is 4.14. The van der Waals surface area contributed by atoms with Crippen LogP contribution in [0.3, 0.4) is 0 Å². The molecule has 1 aromatic heterocycles. The molecule has 8 heteroatoms. The predicted molar refractivity (Wildman–Crippen MR) is 135 cm³/mol. The molecule has 1 aliphatic heterocycles. The number of nitrogens with one attached hydrogen (secondary N) is 2. The van der Waals surface area contributed by atoms with Crippen molar-refractivity contribution in [2.45, 2.75) is 13.0 Å². The van der Waals surface area contributed by atoms with E-state index < -0.39 is 11.8 Å². The molecule has 2 amide bonds. The van der Waals surface area contributed by atoms with Gasteiger partial charge in [0.05, 0.1) is 6.04 Å². The Hall–Kier alpha value is -3.42. The Morgan fingerprint density at radius 2 is 1.76 bits per heavy atom. The molecule has 0 unspecified atom stereocenters. The molecule has 2 N–H and O–H groups in total. The van der Waals surface area contributed by atoms with Gasteiger partial charge in [-0.25, -0.2) is 0 Å². The summed E-state index contributed by atoms with van der Waals surface area (Å²) in [7, 11) is 0. The highest BCUT2D eigenvalue weighted by atomic mass is 35.5. The van der Waals surface area contributed by atoms with Crippen LogP contribution < -0.4 is 15.5 Å². The van der Waals surface area contributed by atoms with Crippen molar-refractivity contribution in [1.82, 2.24) is 15.2 Å². The minimum atomic E-state index is -0.718. The molecule has 0 bridgehead atoms. The second kappa shape index (κ2) is 11.1. The lowest BCUT2D eigenvalue weighted by Gasteiger charge is -2.40. The minimum absolute atomic E-state index is 0.0868. The number of rotatable bonds is 6. The number of piperazine rings is 1. The summed E-state index contributed by atoms with van der Waals surface area (Å²) in [4.78, 5) is 34.0. The van der Waals surface area contributed by atoms with Crippen molar-refractivity contribution >= 4 is 34.8 Å². The minimum Gasteiger partial charge on any atom is -0.369 e. The molecule has 0 radical (unpaired) electrons. The molecule has 0 aliphatic carbocycles. The summed E-state index contributed by atoms with van der Waals surface area (Å²) < 4.78 is 0. The van der Waals surface area contributed by atoms with Crippen LogP contribution in [0.4, 0.5) is 11.4 Å². The van der Waals surface area contributed by atoms with E-state index in [1.165, 1.54) is 5.69 Å². The molecular formula is C26H28ClN5O2. The normalized spacial score (nSPS) is 14.9. The van der Waals surface area contributed by atoms with Crippen molar-refractivity contribution in [2.75, 3.05) is 42.9 Å². The molecule has 4 rings (SSSR count). The Morgan fingerprint density at radius 1 is 1.00 bits per heavy atom. The summed E-state index contributed by atoms with van der Waals surface area (Å²) in [5, 5.41) is 5.95. The fourth-order valence-corrected chi connectivity index (χ4v) is 4.31. The lowest BCUT2D eigenvalue weighted by molar-refractivity contribution is -0.136. The van der Waals surface area contributed by atoms with E-state index in [1.807, 2.05) is 43.5 Å². The van der Waals surface area contributed by atoms with Gasteiger partial charge in [0.1, 0.15) is 0 Å². The van der Waals surface area contributed by atoms with Gasteiger partial charge >= 0.3 is 11.8 Å². The zero-order valence-electron chi connectivity index (χ0n) is 19.1. The average Bonchev–Trinajstić information content (AvgIpc) is 2.88. The van der Waals surface area contributed by atoms with Gasteiger partial charge in [0, 0.05) is 61.5 Å². The van der Waals surface area contributed by atoms with Gasteiger partial charge in [-0.05, 0) is 48.4 Å². The molecule has 1 fully saturated rings. The molecule has 7 nitrogen and oxygen atoms in total. The first-order valence-electron chi connectivity index (χ1n) is 11.3. The molecule has 176 valence electrons. The molecular weight excluding hydrogens is 450 g/mol. The molecule has 34 heavy (non-hydrogen) atoms. The van der Waals surface area contributed by atoms with Crippen LogP contribution in [0, 0.1) is 6.92 Å². The van der Waals surface area contributed by atoms with E-state index in [1.54, 1.807) is 24.4 Å². The number of pyridine rings is 1. The SMILES string of the molecule is Cc1ccc(Cl)cc1NC(=O)C(=O)NC[C@@H](c1cccnc1)N1CCN(c2ccccc2)CC1. The second-order valence-corrected chi connectivity index (χ2v) is 8.72. The van der Waals surface area contributed by atoms with Gasteiger partial charge < -0.3 is 15.5 Å². The first kappa shape index (κ1) is 23.7. The van der Waals surface area contributed by atoms with E-state index in [2.05, 4.69) is 37.6 Å². The third-order valence-electron chi connectivity index (χ3n) is 6.06. The van der Waals surface area contributed by atoms with Gasteiger partial charge in [-0.2, -0.15) is 0 Å². The maximum atomic E-state index is 12.6. The lowest BCUT2D eigenvalue weighted by Crippen LogP contribution is -2.50. The standard InChI is InChI=1S/C26H28ClN5O2/c1-19-9-10-21(27)16-23(19)30-26(34)25(33)29-18-24(20-6-5-11-28-17-20)32-14-12-31(13-15-32)22-7-3-2-4-8-22/h2-11,16-17,24H,12-15,18H2,1H3,(H,29,33)(H,30,34)/t24-/m0/s1. The maximum Gasteiger partial charge on any atom is 0.313 e. The summed E-state index contributed by atoms with van der Waals surface area (Å²) in [6.07, 6.45) is 3.54. The van der Waals surface area contributed by atoms with Crippen LogP contribution in [0.2, 0.25) is 5.02 Å². The number of carbonyl (C=O) groups is 2. The molecule has 1 aliphatic rings. The quantitative estimate of drug-likeness (QED) is 0.530. The number of carbonyl (C=O) groups excluding carboxylic acids is 2. The monoisotopic (exact) mass is 477 g/mol. The number of amides is 2. The summed E-state index contributed by atoms with van der Waals surface area (Å²) in [5.74, 6) is -1.40. The number of anilines is 2. The van der Waals surface area contributed by atoms with E-state index >= 15 is 0 Å².